The lowest BCUT2D eigenvalue weighted by Crippen LogP contribution is -2.11. The zero-order chi connectivity index (χ0) is 14.7. The third kappa shape index (κ3) is 2.91. The number of H-pyrrole nitrogens is 1. The summed E-state index contributed by atoms with van der Waals surface area (Å²) in [5.74, 6) is 5.02. The number of aliphatic hydroxyl groups excluding tert-OH is 1. The minimum Gasteiger partial charge on any atom is -0.384 e. The van der Waals surface area contributed by atoms with Crippen LogP contribution < -0.4 is 5.32 Å². The normalized spacial score (nSPS) is 10.1. The molecule has 104 valence electrons. The number of hydrogen-bond acceptors (Lipinski definition) is 5. The molecule has 0 aliphatic rings. The highest BCUT2D eigenvalue weighted by molar-refractivity contribution is 7.16. The second-order valence-electron chi connectivity index (χ2n) is 4.12. The number of nitrogens with zero attached hydrogens (tertiary/aromatic N) is 2. The maximum absolute atomic E-state index is 12.1. The van der Waals surface area contributed by atoms with Gasteiger partial charge in [-0.15, -0.1) is 0 Å². The molecule has 0 radical (unpaired) electrons. The number of aliphatic hydroxyl groups is 1. The van der Waals surface area contributed by atoms with E-state index in [1.807, 2.05) is 6.07 Å². The van der Waals surface area contributed by atoms with E-state index in [9.17, 15) is 4.79 Å². The van der Waals surface area contributed by atoms with Crippen molar-refractivity contribution in [3.05, 3.63) is 41.0 Å². The third-order valence-electron chi connectivity index (χ3n) is 2.72. The van der Waals surface area contributed by atoms with Gasteiger partial charge in [0.05, 0.1) is 22.8 Å². The number of nitrogens with one attached hydrogen (secondary N) is 2. The lowest BCUT2D eigenvalue weighted by atomic mass is 10.1. The molecule has 1 amide bonds. The van der Waals surface area contributed by atoms with E-state index in [1.54, 1.807) is 24.5 Å². The summed E-state index contributed by atoms with van der Waals surface area (Å²) in [4.78, 5) is 16.9. The number of aromatic nitrogens is 3. The summed E-state index contributed by atoms with van der Waals surface area (Å²) >= 11 is 1.25. The maximum Gasteiger partial charge on any atom is 0.257 e. The van der Waals surface area contributed by atoms with Crippen LogP contribution in [0.3, 0.4) is 0 Å². The molecule has 0 saturated heterocycles. The van der Waals surface area contributed by atoms with Crippen LogP contribution in [0.15, 0.2) is 30.6 Å². The summed E-state index contributed by atoms with van der Waals surface area (Å²) in [6.07, 6.45) is 3.25. The van der Waals surface area contributed by atoms with Gasteiger partial charge >= 0.3 is 0 Å². The monoisotopic (exact) mass is 298 g/mol. The molecule has 3 aromatic rings. The summed E-state index contributed by atoms with van der Waals surface area (Å²) in [5, 5.41) is 19.5. The van der Waals surface area contributed by atoms with Gasteiger partial charge in [-0.3, -0.25) is 15.2 Å². The second kappa shape index (κ2) is 5.75. The van der Waals surface area contributed by atoms with E-state index in [2.05, 4.69) is 32.3 Å². The fourth-order valence-electron chi connectivity index (χ4n) is 1.76. The molecule has 2 heterocycles. The largest absolute Gasteiger partial charge is 0.384 e. The molecule has 21 heavy (non-hydrogen) atoms. The van der Waals surface area contributed by atoms with E-state index in [1.165, 1.54) is 11.3 Å². The SMILES string of the molecule is O=C(Nc1ncc(C#CCO)s1)c1ccc2cn[nH]c2c1. The Morgan fingerprint density at radius 2 is 2.33 bits per heavy atom. The fraction of sp³-hybridized carbons (Fsp3) is 0.0714. The quantitative estimate of drug-likeness (QED) is 0.627. The average molecular weight is 298 g/mol. The van der Waals surface area contributed by atoms with Gasteiger partial charge in [-0.1, -0.05) is 29.2 Å². The highest BCUT2D eigenvalue weighted by atomic mass is 32.1. The Morgan fingerprint density at radius 3 is 3.19 bits per heavy atom. The van der Waals surface area contributed by atoms with Gasteiger partial charge in [-0.25, -0.2) is 4.98 Å². The highest BCUT2D eigenvalue weighted by Gasteiger charge is 2.09. The first-order valence-electron chi connectivity index (χ1n) is 6.06. The lowest BCUT2D eigenvalue weighted by Gasteiger charge is -2.01. The van der Waals surface area contributed by atoms with Gasteiger partial charge in [0, 0.05) is 10.9 Å². The molecule has 3 rings (SSSR count). The predicted octanol–water partition coefficient (Wildman–Crippen LogP) is 1.62. The first-order valence-corrected chi connectivity index (χ1v) is 6.88. The van der Waals surface area contributed by atoms with Gasteiger partial charge in [-0.05, 0) is 12.1 Å². The molecule has 0 aliphatic carbocycles. The maximum atomic E-state index is 12.1. The van der Waals surface area contributed by atoms with Crippen LogP contribution in [0.25, 0.3) is 10.9 Å². The van der Waals surface area contributed by atoms with E-state index in [0.717, 1.165) is 10.9 Å². The van der Waals surface area contributed by atoms with Crippen molar-refractivity contribution in [2.24, 2.45) is 0 Å². The Kier molecular flexibility index (Phi) is 3.64. The molecule has 0 atom stereocenters. The number of aromatic amines is 1. The summed E-state index contributed by atoms with van der Waals surface area (Å²) in [6.45, 7) is -0.205. The van der Waals surface area contributed by atoms with Crippen LogP contribution in [0.1, 0.15) is 15.2 Å². The van der Waals surface area contributed by atoms with E-state index in [-0.39, 0.29) is 12.5 Å². The van der Waals surface area contributed by atoms with Crippen LogP contribution in [-0.2, 0) is 0 Å². The Bertz CT molecular complexity index is 856. The number of thiazole rings is 1. The number of hydrogen-bond donors (Lipinski definition) is 3. The molecular formula is C14H10N4O2S. The standard InChI is InChI=1S/C14H10N4O2S/c19-5-1-2-11-8-15-14(21-11)17-13(20)9-3-4-10-7-16-18-12(10)6-9/h3-4,6-8,19H,5H2,(H,16,18)(H,15,17,20). The first kappa shape index (κ1) is 13.3. The van der Waals surface area contributed by atoms with Crippen LogP contribution in [0.5, 0.6) is 0 Å². The van der Waals surface area contributed by atoms with Gasteiger partial charge in [0.1, 0.15) is 6.61 Å². The Labute approximate surface area is 123 Å². The predicted molar refractivity (Wildman–Crippen MR) is 80.1 cm³/mol. The number of rotatable bonds is 2. The minimum atomic E-state index is -0.248. The third-order valence-corrected chi connectivity index (χ3v) is 3.55. The fourth-order valence-corrected chi connectivity index (χ4v) is 2.45. The zero-order valence-corrected chi connectivity index (χ0v) is 11.6. The van der Waals surface area contributed by atoms with E-state index in [0.29, 0.717) is 15.6 Å². The summed E-state index contributed by atoms with van der Waals surface area (Å²) in [7, 11) is 0. The smallest absolute Gasteiger partial charge is 0.257 e. The Morgan fingerprint density at radius 1 is 1.43 bits per heavy atom. The molecule has 7 heteroatoms. The summed E-state index contributed by atoms with van der Waals surface area (Å²) < 4.78 is 0. The number of anilines is 1. The second-order valence-corrected chi connectivity index (χ2v) is 5.15. The molecule has 0 aliphatic heterocycles. The molecule has 3 N–H and O–H groups in total. The van der Waals surface area contributed by atoms with Crippen molar-refractivity contribution in [3.8, 4) is 11.8 Å². The van der Waals surface area contributed by atoms with Crippen molar-refractivity contribution in [1.29, 1.82) is 0 Å². The summed E-state index contributed by atoms with van der Waals surface area (Å²) in [5.41, 5.74) is 1.32. The van der Waals surface area contributed by atoms with Crippen molar-refractivity contribution >= 4 is 33.3 Å². The minimum absolute atomic E-state index is 0.205. The van der Waals surface area contributed by atoms with Crippen LogP contribution in [0.4, 0.5) is 5.13 Å². The van der Waals surface area contributed by atoms with Gasteiger partial charge in [-0.2, -0.15) is 5.10 Å². The number of benzene rings is 1. The molecule has 0 bridgehead atoms. The molecule has 6 nitrogen and oxygen atoms in total. The van der Waals surface area contributed by atoms with Gasteiger partial charge in [0.15, 0.2) is 5.13 Å². The van der Waals surface area contributed by atoms with Crippen molar-refractivity contribution in [2.45, 2.75) is 0 Å². The van der Waals surface area contributed by atoms with E-state index < -0.39 is 0 Å². The van der Waals surface area contributed by atoms with Crippen LogP contribution in [0.2, 0.25) is 0 Å². The average Bonchev–Trinajstić information content (AvgIpc) is 3.12. The van der Waals surface area contributed by atoms with Crippen LogP contribution in [-0.4, -0.2) is 32.8 Å². The van der Waals surface area contributed by atoms with Crippen molar-refractivity contribution < 1.29 is 9.90 Å². The van der Waals surface area contributed by atoms with Gasteiger partial charge in [0.25, 0.3) is 5.91 Å². The van der Waals surface area contributed by atoms with Crippen molar-refractivity contribution in [3.63, 3.8) is 0 Å². The molecule has 0 spiro atoms. The molecule has 0 fully saturated rings. The summed E-state index contributed by atoms with van der Waals surface area (Å²) in [6, 6.07) is 5.29. The zero-order valence-electron chi connectivity index (χ0n) is 10.8. The van der Waals surface area contributed by atoms with Crippen molar-refractivity contribution in [2.75, 3.05) is 11.9 Å². The topological polar surface area (TPSA) is 90.9 Å². The molecular weight excluding hydrogens is 288 g/mol. The van der Waals surface area contributed by atoms with E-state index in [4.69, 9.17) is 5.11 Å². The van der Waals surface area contributed by atoms with Crippen LogP contribution in [0, 0.1) is 11.8 Å². The van der Waals surface area contributed by atoms with E-state index >= 15 is 0 Å². The Balaban J connectivity index is 1.77. The highest BCUT2D eigenvalue weighted by Crippen LogP contribution is 2.19. The molecule has 1 aromatic carbocycles. The van der Waals surface area contributed by atoms with Crippen LogP contribution >= 0.6 is 11.3 Å². The Hall–Kier alpha value is -2.69. The van der Waals surface area contributed by atoms with Gasteiger partial charge in [0.2, 0.25) is 0 Å². The van der Waals surface area contributed by atoms with Gasteiger partial charge < -0.3 is 5.11 Å². The molecule has 2 aromatic heterocycles. The van der Waals surface area contributed by atoms with Crippen molar-refractivity contribution in [1.82, 2.24) is 15.2 Å². The first-order chi connectivity index (χ1) is 10.3. The lowest BCUT2D eigenvalue weighted by molar-refractivity contribution is 0.102. The number of carbonyl (C=O) groups excluding carboxylic acids is 1. The number of carbonyl (C=O) groups is 1. The number of fused-ring (bicyclic) bond motifs is 1. The molecule has 0 saturated carbocycles. The number of amides is 1. The molecule has 0 unspecified atom stereocenters.